The summed E-state index contributed by atoms with van der Waals surface area (Å²) >= 11 is 0. The largest absolute Gasteiger partial charge is 0.530 e. The number of benzene rings is 1. The first-order valence-electron chi connectivity index (χ1n) is 4.95. The summed E-state index contributed by atoms with van der Waals surface area (Å²) in [6, 6.07) is 7.98. The third-order valence-corrected chi connectivity index (χ3v) is 2.59. The lowest BCUT2D eigenvalue weighted by Crippen LogP contribution is -2.09. The van der Waals surface area contributed by atoms with Crippen molar-refractivity contribution in [3.63, 3.8) is 0 Å². The van der Waals surface area contributed by atoms with Crippen molar-refractivity contribution >= 4 is 13.8 Å². The third-order valence-electron chi connectivity index (χ3n) is 1.72. The van der Waals surface area contributed by atoms with Gasteiger partial charge in [0, 0.05) is 5.57 Å². The van der Waals surface area contributed by atoms with Gasteiger partial charge in [-0.25, -0.2) is 13.9 Å². The van der Waals surface area contributed by atoms with Gasteiger partial charge in [-0.2, -0.15) is 0 Å². The Morgan fingerprint density at radius 3 is 2.56 bits per heavy atom. The predicted octanol–water partition coefficient (Wildman–Crippen LogP) is 2.26. The molecule has 1 atom stereocenters. The van der Waals surface area contributed by atoms with E-state index in [1.807, 2.05) is 0 Å². The summed E-state index contributed by atoms with van der Waals surface area (Å²) in [7, 11) is -4.31. The maximum atomic E-state index is 11.4. The number of hydrogen-bond acceptors (Lipinski definition) is 5. The van der Waals surface area contributed by atoms with Crippen LogP contribution in [0.5, 0.6) is 5.75 Å². The molecule has 1 aromatic rings. The van der Waals surface area contributed by atoms with E-state index in [0.29, 0.717) is 0 Å². The number of rotatable bonds is 6. The number of para-hydroxylation sites is 1. The van der Waals surface area contributed by atoms with Gasteiger partial charge in [0.1, 0.15) is 5.75 Å². The molecule has 0 fully saturated rings. The lowest BCUT2D eigenvalue weighted by atomic mass is 10.3. The molecule has 0 saturated heterocycles. The lowest BCUT2D eigenvalue weighted by Gasteiger charge is -2.12. The molecule has 6 nitrogen and oxygen atoms in total. The SMILES string of the molecule is C=C(C)C(=O)OCOP(=O)(O)Oc1ccccc1. The Hall–Kier alpha value is -1.62. The van der Waals surface area contributed by atoms with Crippen molar-refractivity contribution in [3.8, 4) is 5.75 Å². The van der Waals surface area contributed by atoms with Crippen molar-refractivity contribution in [2.45, 2.75) is 6.92 Å². The number of esters is 1. The number of hydrogen-bond donors (Lipinski definition) is 1. The number of phosphoric acid groups is 1. The molecule has 0 aliphatic rings. The first-order chi connectivity index (χ1) is 8.41. The highest BCUT2D eigenvalue weighted by atomic mass is 31.2. The van der Waals surface area contributed by atoms with Crippen LogP contribution in [0.25, 0.3) is 0 Å². The molecule has 0 aliphatic carbocycles. The minimum Gasteiger partial charge on any atom is -0.434 e. The van der Waals surface area contributed by atoms with E-state index in [1.54, 1.807) is 18.2 Å². The van der Waals surface area contributed by atoms with Crippen LogP contribution >= 0.6 is 7.82 Å². The van der Waals surface area contributed by atoms with Crippen LogP contribution in [0, 0.1) is 0 Å². The van der Waals surface area contributed by atoms with Gasteiger partial charge in [0.25, 0.3) is 0 Å². The summed E-state index contributed by atoms with van der Waals surface area (Å²) in [5.41, 5.74) is 0.162. The van der Waals surface area contributed by atoms with Crippen LogP contribution in [0.2, 0.25) is 0 Å². The number of ether oxygens (including phenoxy) is 1. The molecule has 0 aliphatic heterocycles. The summed E-state index contributed by atoms with van der Waals surface area (Å²) in [4.78, 5) is 20.3. The Labute approximate surface area is 104 Å². The van der Waals surface area contributed by atoms with Gasteiger partial charge in [-0.1, -0.05) is 24.8 Å². The Morgan fingerprint density at radius 2 is 2.00 bits per heavy atom. The molecule has 1 N–H and O–H groups in total. The lowest BCUT2D eigenvalue weighted by molar-refractivity contribution is -0.145. The molecule has 18 heavy (non-hydrogen) atoms. The topological polar surface area (TPSA) is 82.1 Å². The molecule has 98 valence electrons. The standard InChI is InChI=1S/C11H13O6P/c1-9(2)11(12)15-8-16-18(13,14)17-10-6-4-3-5-7-10/h3-7H,1,8H2,2H3,(H,13,14). The van der Waals surface area contributed by atoms with Gasteiger partial charge in [-0.05, 0) is 19.1 Å². The molecule has 7 heteroatoms. The van der Waals surface area contributed by atoms with Gasteiger partial charge in [-0.15, -0.1) is 0 Å². The number of phosphoric ester groups is 1. The Kier molecular flexibility index (Phi) is 5.09. The molecule has 0 spiro atoms. The summed E-state index contributed by atoms with van der Waals surface area (Å²) in [5, 5.41) is 0. The van der Waals surface area contributed by atoms with Gasteiger partial charge < -0.3 is 9.26 Å². The van der Waals surface area contributed by atoms with Gasteiger partial charge in [0.05, 0.1) is 0 Å². The van der Waals surface area contributed by atoms with E-state index in [1.165, 1.54) is 19.1 Å². The molecule has 0 amide bonds. The Balaban J connectivity index is 2.43. The Morgan fingerprint density at radius 1 is 1.39 bits per heavy atom. The highest BCUT2D eigenvalue weighted by Gasteiger charge is 2.23. The maximum absolute atomic E-state index is 11.4. The second kappa shape index (κ2) is 6.35. The minimum atomic E-state index is -4.31. The molecule has 0 saturated carbocycles. The van der Waals surface area contributed by atoms with Crippen LogP contribution in [0.15, 0.2) is 42.5 Å². The van der Waals surface area contributed by atoms with Crippen LogP contribution in [-0.2, 0) is 18.6 Å². The zero-order chi connectivity index (χ0) is 13.6. The van der Waals surface area contributed by atoms with Crippen molar-refractivity contribution < 1.29 is 28.0 Å². The van der Waals surface area contributed by atoms with Crippen molar-refractivity contribution in [3.05, 3.63) is 42.5 Å². The molecular formula is C11H13O6P. The molecule has 0 heterocycles. The first-order valence-corrected chi connectivity index (χ1v) is 6.45. The second-order valence-electron chi connectivity index (χ2n) is 3.33. The monoisotopic (exact) mass is 272 g/mol. The molecule has 1 unspecified atom stereocenters. The van der Waals surface area contributed by atoms with Crippen molar-refractivity contribution in [1.29, 1.82) is 0 Å². The average molecular weight is 272 g/mol. The highest BCUT2D eigenvalue weighted by molar-refractivity contribution is 7.47. The summed E-state index contributed by atoms with van der Waals surface area (Å²) in [6.45, 7) is 4.10. The highest BCUT2D eigenvalue weighted by Crippen LogP contribution is 2.43. The van der Waals surface area contributed by atoms with Crippen molar-refractivity contribution in [1.82, 2.24) is 0 Å². The fourth-order valence-electron chi connectivity index (χ4n) is 0.911. The number of carbonyl (C=O) groups is 1. The van der Waals surface area contributed by atoms with E-state index in [4.69, 9.17) is 4.52 Å². The van der Waals surface area contributed by atoms with Gasteiger partial charge in [0.2, 0.25) is 6.79 Å². The Bertz CT molecular complexity index is 470. The summed E-state index contributed by atoms with van der Waals surface area (Å²) < 4.78 is 25.1. The van der Waals surface area contributed by atoms with Crippen molar-refractivity contribution in [2.24, 2.45) is 0 Å². The van der Waals surface area contributed by atoms with Crippen LogP contribution < -0.4 is 4.52 Å². The first kappa shape index (κ1) is 14.4. The number of carbonyl (C=O) groups excluding carboxylic acids is 1. The molecule has 1 aromatic carbocycles. The maximum Gasteiger partial charge on any atom is 0.530 e. The molecular weight excluding hydrogens is 259 g/mol. The third kappa shape index (κ3) is 5.14. The average Bonchev–Trinajstić information content (AvgIpc) is 2.29. The second-order valence-corrected chi connectivity index (χ2v) is 4.71. The summed E-state index contributed by atoms with van der Waals surface area (Å²) in [5.74, 6) is -0.538. The van der Waals surface area contributed by atoms with Gasteiger partial charge >= 0.3 is 13.8 Å². The van der Waals surface area contributed by atoms with Crippen LogP contribution in [-0.4, -0.2) is 17.7 Å². The van der Waals surface area contributed by atoms with E-state index in [0.717, 1.165) is 0 Å². The van der Waals surface area contributed by atoms with Crippen LogP contribution in [0.3, 0.4) is 0 Å². The molecule has 1 rings (SSSR count). The van der Waals surface area contributed by atoms with Gasteiger partial charge in [0.15, 0.2) is 0 Å². The van der Waals surface area contributed by atoms with Gasteiger partial charge in [-0.3, -0.25) is 4.89 Å². The molecule has 0 radical (unpaired) electrons. The zero-order valence-electron chi connectivity index (χ0n) is 9.74. The molecule has 0 bridgehead atoms. The van der Waals surface area contributed by atoms with Crippen molar-refractivity contribution in [2.75, 3.05) is 6.79 Å². The predicted molar refractivity (Wildman–Crippen MR) is 63.8 cm³/mol. The minimum absolute atomic E-state index is 0.162. The van der Waals surface area contributed by atoms with Crippen LogP contribution in [0.1, 0.15) is 6.92 Å². The van der Waals surface area contributed by atoms with E-state index in [2.05, 4.69) is 15.8 Å². The zero-order valence-corrected chi connectivity index (χ0v) is 10.6. The van der Waals surface area contributed by atoms with Crippen LogP contribution in [0.4, 0.5) is 0 Å². The normalized spacial score (nSPS) is 13.4. The summed E-state index contributed by atoms with van der Waals surface area (Å²) in [6.07, 6.45) is 0. The van der Waals surface area contributed by atoms with E-state index >= 15 is 0 Å². The smallest absolute Gasteiger partial charge is 0.434 e. The van der Waals surface area contributed by atoms with E-state index < -0.39 is 20.6 Å². The fraction of sp³-hybridized carbons (Fsp3) is 0.182. The van der Waals surface area contributed by atoms with E-state index in [-0.39, 0.29) is 11.3 Å². The molecule has 0 aromatic heterocycles. The quantitative estimate of drug-likeness (QED) is 0.370. The van der Waals surface area contributed by atoms with E-state index in [9.17, 15) is 14.3 Å². The fourth-order valence-corrected chi connectivity index (χ4v) is 1.54.